The van der Waals surface area contributed by atoms with Gasteiger partial charge in [0.05, 0.1) is 21.8 Å². The average molecular weight is 438 g/mol. The van der Waals surface area contributed by atoms with E-state index in [1.807, 2.05) is 4.90 Å². The predicted octanol–water partition coefficient (Wildman–Crippen LogP) is 5.86. The van der Waals surface area contributed by atoms with E-state index in [1.165, 1.54) is 18.2 Å². The molecule has 0 atom stereocenters. The van der Waals surface area contributed by atoms with Gasteiger partial charge < -0.3 is 5.11 Å². The number of nitrogens with zero attached hydrogens (tertiary/aromatic N) is 1. The Morgan fingerprint density at radius 3 is 2.00 bits per heavy atom. The zero-order chi connectivity index (χ0) is 21.4. The molecule has 2 aromatic rings. The second-order valence-electron chi connectivity index (χ2n) is 7.19. The van der Waals surface area contributed by atoms with Gasteiger partial charge in [-0.1, -0.05) is 29.8 Å². The van der Waals surface area contributed by atoms with Crippen LogP contribution in [0.1, 0.15) is 35.1 Å². The number of halogens is 7. The van der Waals surface area contributed by atoms with Gasteiger partial charge in [0.2, 0.25) is 0 Å². The number of hydrogen-bond acceptors (Lipinski definition) is 2. The average Bonchev–Trinajstić information content (AvgIpc) is 2.63. The molecule has 3 rings (SSSR count). The second-order valence-corrected chi connectivity index (χ2v) is 7.60. The summed E-state index contributed by atoms with van der Waals surface area (Å²) in [6.45, 7) is 1.17. The molecule has 1 saturated heterocycles. The molecule has 9 heteroatoms. The van der Waals surface area contributed by atoms with Crippen molar-refractivity contribution in [3.63, 3.8) is 0 Å². The maximum Gasteiger partial charge on any atom is 0.417 e. The van der Waals surface area contributed by atoms with E-state index in [2.05, 4.69) is 0 Å². The van der Waals surface area contributed by atoms with Gasteiger partial charge in [0.1, 0.15) is 0 Å². The van der Waals surface area contributed by atoms with Crippen LogP contribution in [-0.2, 0) is 24.5 Å². The first-order chi connectivity index (χ1) is 13.4. The minimum atomic E-state index is -4.62. The van der Waals surface area contributed by atoms with Crippen LogP contribution in [0.4, 0.5) is 26.3 Å². The Morgan fingerprint density at radius 2 is 1.48 bits per heavy atom. The summed E-state index contributed by atoms with van der Waals surface area (Å²) in [4.78, 5) is 1.94. The van der Waals surface area contributed by atoms with Crippen molar-refractivity contribution in [3.8, 4) is 0 Å². The van der Waals surface area contributed by atoms with E-state index < -0.39 is 34.1 Å². The molecule has 0 unspecified atom stereocenters. The number of alkyl halides is 6. The molecule has 0 saturated carbocycles. The predicted molar refractivity (Wildman–Crippen MR) is 96.3 cm³/mol. The number of aliphatic hydroxyl groups is 1. The normalized spacial score (nSPS) is 18.1. The van der Waals surface area contributed by atoms with Gasteiger partial charge in [-0.05, 0) is 48.2 Å². The molecular weight excluding hydrogens is 420 g/mol. The van der Waals surface area contributed by atoms with E-state index in [1.54, 1.807) is 0 Å². The van der Waals surface area contributed by atoms with Crippen LogP contribution in [-0.4, -0.2) is 23.1 Å². The Bertz CT molecular complexity index is 855. The van der Waals surface area contributed by atoms with Crippen molar-refractivity contribution in [3.05, 3.63) is 69.7 Å². The molecule has 0 radical (unpaired) electrons. The lowest BCUT2D eigenvalue weighted by molar-refractivity contribution is -0.138. The van der Waals surface area contributed by atoms with Crippen LogP contribution < -0.4 is 0 Å². The summed E-state index contributed by atoms with van der Waals surface area (Å²) in [6.07, 6.45) is -8.61. The SMILES string of the molecule is OC1(c2ccc(Cl)c(C(F)(F)F)c2)CCN(Cc2ccc(C(F)(F)F)cc2)CC1. The molecule has 0 spiro atoms. The number of benzene rings is 2. The maximum absolute atomic E-state index is 13.1. The van der Waals surface area contributed by atoms with Crippen molar-refractivity contribution in [1.29, 1.82) is 0 Å². The maximum atomic E-state index is 13.1. The van der Waals surface area contributed by atoms with Gasteiger partial charge >= 0.3 is 12.4 Å². The monoisotopic (exact) mass is 437 g/mol. The number of likely N-dealkylation sites (tertiary alicyclic amines) is 1. The standard InChI is InChI=1S/C20H18ClF6NO/c21-17-6-5-15(11-16(17)20(25,26)27)18(29)7-9-28(10-8-18)12-13-1-3-14(4-2-13)19(22,23)24/h1-6,11,29H,7-10,12H2. The van der Waals surface area contributed by atoms with E-state index in [-0.39, 0.29) is 18.4 Å². The smallest absolute Gasteiger partial charge is 0.385 e. The first kappa shape index (κ1) is 21.9. The van der Waals surface area contributed by atoms with Crippen LogP contribution in [0.2, 0.25) is 5.02 Å². The van der Waals surface area contributed by atoms with Crippen molar-refractivity contribution in [1.82, 2.24) is 4.90 Å². The summed E-state index contributed by atoms with van der Waals surface area (Å²) in [5.41, 5.74) is -2.28. The molecule has 0 amide bonds. The molecule has 1 aliphatic heterocycles. The summed E-state index contributed by atoms with van der Waals surface area (Å²) in [5.74, 6) is 0. The highest BCUT2D eigenvalue weighted by Gasteiger charge is 2.38. The van der Waals surface area contributed by atoms with Gasteiger partial charge in [0.25, 0.3) is 0 Å². The zero-order valence-corrected chi connectivity index (χ0v) is 15.9. The fourth-order valence-electron chi connectivity index (χ4n) is 3.46. The summed E-state index contributed by atoms with van der Waals surface area (Å²) < 4.78 is 77.2. The molecular formula is C20H18ClF6NO. The third-order valence-electron chi connectivity index (χ3n) is 5.18. The minimum absolute atomic E-state index is 0.156. The van der Waals surface area contributed by atoms with Crippen LogP contribution in [0.3, 0.4) is 0 Å². The lowest BCUT2D eigenvalue weighted by atomic mass is 9.83. The van der Waals surface area contributed by atoms with Gasteiger partial charge in [0, 0.05) is 19.6 Å². The van der Waals surface area contributed by atoms with Crippen LogP contribution in [0.15, 0.2) is 42.5 Å². The Kier molecular flexibility index (Phi) is 5.91. The minimum Gasteiger partial charge on any atom is -0.385 e. The topological polar surface area (TPSA) is 23.5 Å². The lowest BCUT2D eigenvalue weighted by Gasteiger charge is -2.39. The molecule has 0 aromatic heterocycles. The fourth-order valence-corrected chi connectivity index (χ4v) is 3.68. The molecule has 29 heavy (non-hydrogen) atoms. The fraction of sp³-hybridized carbons (Fsp3) is 0.400. The van der Waals surface area contributed by atoms with Crippen LogP contribution in [0.5, 0.6) is 0 Å². The largest absolute Gasteiger partial charge is 0.417 e. The van der Waals surface area contributed by atoms with E-state index in [0.29, 0.717) is 25.2 Å². The van der Waals surface area contributed by atoms with Crippen molar-refractivity contribution in [2.45, 2.75) is 37.3 Å². The van der Waals surface area contributed by atoms with Gasteiger partial charge in [-0.3, -0.25) is 4.90 Å². The van der Waals surface area contributed by atoms with Gasteiger partial charge in [-0.25, -0.2) is 0 Å². The molecule has 2 aromatic carbocycles. The van der Waals surface area contributed by atoms with Crippen LogP contribution >= 0.6 is 11.6 Å². The summed E-state index contributed by atoms with van der Waals surface area (Å²) in [7, 11) is 0. The first-order valence-corrected chi connectivity index (χ1v) is 9.24. The molecule has 0 bridgehead atoms. The number of piperidine rings is 1. The van der Waals surface area contributed by atoms with Crippen LogP contribution in [0.25, 0.3) is 0 Å². The van der Waals surface area contributed by atoms with E-state index in [0.717, 1.165) is 24.3 Å². The molecule has 0 aliphatic carbocycles. The highest BCUT2D eigenvalue weighted by atomic mass is 35.5. The Hall–Kier alpha value is -1.77. The summed E-state index contributed by atoms with van der Waals surface area (Å²) in [5, 5.41) is 10.4. The Morgan fingerprint density at radius 1 is 0.897 bits per heavy atom. The van der Waals surface area contributed by atoms with Crippen molar-refractivity contribution in [2.75, 3.05) is 13.1 Å². The van der Waals surface area contributed by atoms with E-state index in [9.17, 15) is 31.4 Å². The Labute approximate surface area is 168 Å². The molecule has 1 heterocycles. The molecule has 158 valence electrons. The molecule has 1 aliphatic rings. The third kappa shape index (κ3) is 5.05. The molecule has 1 fully saturated rings. The highest BCUT2D eigenvalue weighted by molar-refractivity contribution is 6.31. The quantitative estimate of drug-likeness (QED) is 0.608. The number of rotatable bonds is 3. The third-order valence-corrected chi connectivity index (χ3v) is 5.51. The molecule has 1 N–H and O–H groups in total. The first-order valence-electron chi connectivity index (χ1n) is 8.87. The highest BCUT2D eigenvalue weighted by Crippen LogP contribution is 2.40. The van der Waals surface area contributed by atoms with E-state index >= 15 is 0 Å². The van der Waals surface area contributed by atoms with E-state index in [4.69, 9.17) is 11.6 Å². The van der Waals surface area contributed by atoms with Gasteiger partial charge in [-0.2, -0.15) is 26.3 Å². The van der Waals surface area contributed by atoms with Gasteiger partial charge in [0.15, 0.2) is 0 Å². The van der Waals surface area contributed by atoms with Crippen molar-refractivity contribution < 1.29 is 31.4 Å². The Balaban J connectivity index is 1.67. The van der Waals surface area contributed by atoms with Gasteiger partial charge in [-0.15, -0.1) is 0 Å². The van der Waals surface area contributed by atoms with Crippen LogP contribution in [0, 0.1) is 0 Å². The van der Waals surface area contributed by atoms with Crippen molar-refractivity contribution in [2.24, 2.45) is 0 Å². The zero-order valence-electron chi connectivity index (χ0n) is 15.1. The summed E-state index contributed by atoms with van der Waals surface area (Å²) >= 11 is 5.64. The molecule has 2 nitrogen and oxygen atoms in total. The summed E-state index contributed by atoms with van der Waals surface area (Å²) in [6, 6.07) is 8.24. The lowest BCUT2D eigenvalue weighted by Crippen LogP contribution is -2.42. The van der Waals surface area contributed by atoms with Crippen molar-refractivity contribution >= 4 is 11.6 Å². The second kappa shape index (κ2) is 7.81. The number of hydrogen-bond donors (Lipinski definition) is 1.